The van der Waals surface area contributed by atoms with Gasteiger partial charge in [0.1, 0.15) is 0 Å². The molecule has 0 aliphatic heterocycles. The molecule has 0 unspecified atom stereocenters. The lowest BCUT2D eigenvalue weighted by atomic mass is 10.1. The number of hydrogen-bond donors (Lipinski definition) is 1. The first kappa shape index (κ1) is 13.2. The molecule has 2 aromatic carbocycles. The molecule has 0 spiro atoms. The number of rotatable bonds is 6. The second-order valence-corrected chi connectivity index (χ2v) is 5.64. The SMILES string of the molecule is Nc1ccccc1CCN(Cc1ccccc1)C1CC1. The first-order chi connectivity index (χ1) is 9.83. The maximum Gasteiger partial charge on any atom is 0.0347 e. The van der Waals surface area contributed by atoms with Gasteiger partial charge in [-0.1, -0.05) is 48.5 Å². The van der Waals surface area contributed by atoms with Gasteiger partial charge in [0.15, 0.2) is 0 Å². The number of benzene rings is 2. The molecule has 2 aromatic rings. The summed E-state index contributed by atoms with van der Waals surface area (Å²) in [6.07, 6.45) is 3.73. The Kier molecular flexibility index (Phi) is 4.03. The maximum atomic E-state index is 6.03. The summed E-state index contributed by atoms with van der Waals surface area (Å²) in [6.45, 7) is 2.14. The molecule has 0 aromatic heterocycles. The van der Waals surface area contributed by atoms with Crippen LogP contribution in [0.4, 0.5) is 5.69 Å². The summed E-state index contributed by atoms with van der Waals surface area (Å²) in [4.78, 5) is 2.60. The third-order valence-corrected chi connectivity index (χ3v) is 4.02. The fourth-order valence-electron chi connectivity index (χ4n) is 2.67. The highest BCUT2D eigenvalue weighted by Gasteiger charge is 2.28. The van der Waals surface area contributed by atoms with Gasteiger partial charge in [-0.15, -0.1) is 0 Å². The molecule has 2 nitrogen and oxygen atoms in total. The number of hydrogen-bond acceptors (Lipinski definition) is 2. The van der Waals surface area contributed by atoms with Crippen molar-refractivity contribution < 1.29 is 0 Å². The van der Waals surface area contributed by atoms with Crippen molar-refractivity contribution >= 4 is 5.69 Å². The number of nitrogens with zero attached hydrogens (tertiary/aromatic N) is 1. The minimum absolute atomic E-state index is 0.778. The Morgan fingerprint density at radius 2 is 1.65 bits per heavy atom. The van der Waals surface area contributed by atoms with Crippen LogP contribution in [0.3, 0.4) is 0 Å². The van der Waals surface area contributed by atoms with E-state index in [1.807, 2.05) is 12.1 Å². The van der Waals surface area contributed by atoms with Crippen molar-refractivity contribution in [3.63, 3.8) is 0 Å². The molecule has 3 rings (SSSR count). The second kappa shape index (κ2) is 6.10. The van der Waals surface area contributed by atoms with Gasteiger partial charge in [0, 0.05) is 24.8 Å². The quantitative estimate of drug-likeness (QED) is 0.811. The number of anilines is 1. The van der Waals surface area contributed by atoms with Crippen molar-refractivity contribution in [3.05, 3.63) is 65.7 Å². The third-order valence-electron chi connectivity index (χ3n) is 4.02. The van der Waals surface area contributed by atoms with E-state index in [1.54, 1.807) is 0 Å². The van der Waals surface area contributed by atoms with E-state index < -0.39 is 0 Å². The van der Waals surface area contributed by atoms with Gasteiger partial charge in [0.05, 0.1) is 0 Å². The van der Waals surface area contributed by atoms with Crippen LogP contribution in [0.5, 0.6) is 0 Å². The molecule has 0 bridgehead atoms. The monoisotopic (exact) mass is 266 g/mol. The van der Waals surface area contributed by atoms with Crippen LogP contribution in [0.2, 0.25) is 0 Å². The van der Waals surface area contributed by atoms with Crippen LogP contribution in [0, 0.1) is 0 Å². The molecule has 0 amide bonds. The van der Waals surface area contributed by atoms with Gasteiger partial charge >= 0.3 is 0 Å². The standard InChI is InChI=1S/C18H22N2/c19-18-9-5-4-8-16(18)12-13-20(17-10-11-17)14-15-6-2-1-3-7-15/h1-9,17H,10-14,19H2. The molecule has 1 aliphatic carbocycles. The van der Waals surface area contributed by atoms with E-state index in [0.717, 1.165) is 31.2 Å². The van der Waals surface area contributed by atoms with Gasteiger partial charge in [0.2, 0.25) is 0 Å². The predicted molar refractivity (Wildman–Crippen MR) is 84.4 cm³/mol. The smallest absolute Gasteiger partial charge is 0.0347 e. The lowest BCUT2D eigenvalue weighted by molar-refractivity contribution is 0.258. The van der Waals surface area contributed by atoms with Crippen LogP contribution in [-0.2, 0) is 13.0 Å². The van der Waals surface area contributed by atoms with Crippen molar-refractivity contribution in [2.24, 2.45) is 0 Å². The van der Waals surface area contributed by atoms with Gasteiger partial charge in [-0.3, -0.25) is 4.90 Å². The molecule has 20 heavy (non-hydrogen) atoms. The van der Waals surface area contributed by atoms with Crippen molar-refractivity contribution in [2.75, 3.05) is 12.3 Å². The summed E-state index contributed by atoms with van der Waals surface area (Å²) in [5.74, 6) is 0. The molecule has 1 aliphatic rings. The molecular weight excluding hydrogens is 244 g/mol. The highest BCUT2D eigenvalue weighted by atomic mass is 15.2. The molecule has 2 heteroatoms. The largest absolute Gasteiger partial charge is 0.399 e. The lowest BCUT2D eigenvalue weighted by Crippen LogP contribution is -2.28. The number of para-hydroxylation sites is 1. The Morgan fingerprint density at radius 1 is 0.950 bits per heavy atom. The first-order valence-corrected chi connectivity index (χ1v) is 7.44. The zero-order valence-corrected chi connectivity index (χ0v) is 11.8. The van der Waals surface area contributed by atoms with E-state index in [2.05, 4.69) is 47.4 Å². The summed E-state index contributed by atoms with van der Waals surface area (Å²) >= 11 is 0. The molecule has 0 atom stereocenters. The number of nitrogens with two attached hydrogens (primary N) is 1. The Bertz CT molecular complexity index is 546. The van der Waals surface area contributed by atoms with Crippen molar-refractivity contribution in [1.82, 2.24) is 4.90 Å². The fourth-order valence-corrected chi connectivity index (χ4v) is 2.67. The molecule has 2 N–H and O–H groups in total. The van der Waals surface area contributed by atoms with Gasteiger partial charge in [-0.05, 0) is 36.5 Å². The fraction of sp³-hybridized carbons (Fsp3) is 0.333. The Balaban J connectivity index is 1.62. The minimum atomic E-state index is 0.778. The predicted octanol–water partition coefficient (Wildman–Crippen LogP) is 3.48. The van der Waals surface area contributed by atoms with E-state index in [-0.39, 0.29) is 0 Å². The van der Waals surface area contributed by atoms with Crippen LogP contribution in [-0.4, -0.2) is 17.5 Å². The van der Waals surface area contributed by atoms with Crippen molar-refractivity contribution in [1.29, 1.82) is 0 Å². The summed E-state index contributed by atoms with van der Waals surface area (Å²) in [5.41, 5.74) is 9.62. The number of nitrogen functional groups attached to an aromatic ring is 1. The van der Waals surface area contributed by atoms with Gasteiger partial charge in [0.25, 0.3) is 0 Å². The average Bonchev–Trinajstić information content (AvgIpc) is 3.31. The molecular formula is C18H22N2. The summed E-state index contributed by atoms with van der Waals surface area (Å²) in [5, 5.41) is 0. The van der Waals surface area contributed by atoms with E-state index in [4.69, 9.17) is 5.73 Å². The summed E-state index contributed by atoms with van der Waals surface area (Å²) < 4.78 is 0. The van der Waals surface area contributed by atoms with Crippen LogP contribution >= 0.6 is 0 Å². The van der Waals surface area contributed by atoms with Crippen molar-refractivity contribution in [2.45, 2.75) is 31.8 Å². The first-order valence-electron chi connectivity index (χ1n) is 7.44. The van der Waals surface area contributed by atoms with Crippen molar-refractivity contribution in [3.8, 4) is 0 Å². The Labute approximate surface area is 121 Å². The Hall–Kier alpha value is -1.80. The van der Waals surface area contributed by atoms with E-state index in [1.165, 1.54) is 24.0 Å². The average molecular weight is 266 g/mol. The molecule has 0 saturated heterocycles. The minimum Gasteiger partial charge on any atom is -0.399 e. The van der Waals surface area contributed by atoms with E-state index >= 15 is 0 Å². The Morgan fingerprint density at radius 3 is 2.35 bits per heavy atom. The van der Waals surface area contributed by atoms with Crippen LogP contribution in [0.25, 0.3) is 0 Å². The van der Waals surface area contributed by atoms with E-state index in [9.17, 15) is 0 Å². The van der Waals surface area contributed by atoms with Crippen LogP contribution in [0.15, 0.2) is 54.6 Å². The summed E-state index contributed by atoms with van der Waals surface area (Å²) in [6, 6.07) is 19.7. The van der Waals surface area contributed by atoms with Gasteiger partial charge in [-0.2, -0.15) is 0 Å². The maximum absolute atomic E-state index is 6.03. The normalized spacial score (nSPS) is 14.7. The molecule has 0 radical (unpaired) electrons. The van der Waals surface area contributed by atoms with Gasteiger partial charge < -0.3 is 5.73 Å². The topological polar surface area (TPSA) is 29.3 Å². The third kappa shape index (κ3) is 3.40. The highest BCUT2D eigenvalue weighted by Crippen LogP contribution is 2.28. The molecule has 0 heterocycles. The molecule has 1 saturated carbocycles. The van der Waals surface area contributed by atoms with E-state index in [0.29, 0.717) is 0 Å². The lowest BCUT2D eigenvalue weighted by Gasteiger charge is -2.22. The molecule has 104 valence electrons. The second-order valence-electron chi connectivity index (χ2n) is 5.64. The molecule has 1 fully saturated rings. The zero-order valence-electron chi connectivity index (χ0n) is 11.8. The summed E-state index contributed by atoms with van der Waals surface area (Å²) in [7, 11) is 0. The highest BCUT2D eigenvalue weighted by molar-refractivity contribution is 5.46. The van der Waals surface area contributed by atoms with Gasteiger partial charge in [-0.25, -0.2) is 0 Å². The van der Waals surface area contributed by atoms with Crippen LogP contribution in [0.1, 0.15) is 24.0 Å². The van der Waals surface area contributed by atoms with Crippen LogP contribution < -0.4 is 5.73 Å². The zero-order chi connectivity index (χ0) is 13.8.